The van der Waals surface area contributed by atoms with E-state index in [9.17, 15) is 5.11 Å². The van der Waals surface area contributed by atoms with Gasteiger partial charge in [0.05, 0.1) is 11.6 Å². The highest BCUT2D eigenvalue weighted by molar-refractivity contribution is 6.31. The molecule has 2 heterocycles. The van der Waals surface area contributed by atoms with Gasteiger partial charge in [-0.25, -0.2) is 9.97 Å². The number of hydrogen-bond acceptors (Lipinski definition) is 5. The molecule has 0 radical (unpaired) electrons. The largest absolute Gasteiger partial charge is 0.393 e. The van der Waals surface area contributed by atoms with E-state index in [0.29, 0.717) is 11.6 Å². The average Bonchev–Trinajstić information content (AvgIpc) is 2.69. The highest BCUT2D eigenvalue weighted by atomic mass is 35.5. The Labute approximate surface area is 164 Å². The van der Waals surface area contributed by atoms with Gasteiger partial charge in [-0.15, -0.1) is 0 Å². The lowest BCUT2D eigenvalue weighted by atomic mass is 10.0. The number of aliphatic hydroxyl groups is 1. The zero-order valence-corrected chi connectivity index (χ0v) is 15.9. The van der Waals surface area contributed by atoms with E-state index >= 15 is 0 Å². The Morgan fingerprint density at radius 2 is 1.85 bits per heavy atom. The summed E-state index contributed by atoms with van der Waals surface area (Å²) in [5.74, 6) is 0.813. The molecule has 0 atom stereocenters. The second-order valence-corrected chi connectivity index (χ2v) is 7.45. The number of fused-ring (bicyclic) bond motifs is 1. The van der Waals surface area contributed by atoms with Crippen molar-refractivity contribution in [3.8, 4) is 0 Å². The van der Waals surface area contributed by atoms with Gasteiger partial charge in [-0.05, 0) is 42.2 Å². The molecular formula is C21H23ClN4O. The number of nitrogens with zero attached hydrogens (tertiary/aromatic N) is 3. The van der Waals surface area contributed by atoms with Crippen molar-refractivity contribution < 1.29 is 5.11 Å². The maximum atomic E-state index is 9.70. The Kier molecular flexibility index (Phi) is 5.53. The summed E-state index contributed by atoms with van der Waals surface area (Å²) in [5, 5.41) is 14.8. The second-order valence-electron chi connectivity index (χ2n) is 7.01. The maximum absolute atomic E-state index is 9.70. The standard InChI is InChI=1S/C21H23ClN4O/c22-17-5-6-19-20(11-17)24-14-25-21(19)23-12-15-3-1-2-4-16(15)13-26-9-7-18(27)8-10-26/h1-6,11,14,18,27H,7-10,12-13H2,(H,23,24,25). The Morgan fingerprint density at radius 1 is 1.07 bits per heavy atom. The number of anilines is 1. The highest BCUT2D eigenvalue weighted by Gasteiger charge is 2.17. The minimum atomic E-state index is -0.141. The predicted octanol–water partition coefficient (Wildman–Crippen LogP) is 3.85. The van der Waals surface area contributed by atoms with Crippen molar-refractivity contribution >= 4 is 28.3 Å². The first-order chi connectivity index (χ1) is 13.2. The SMILES string of the molecule is OC1CCN(Cc2ccccc2CNc2ncnc3cc(Cl)ccc23)CC1. The van der Waals surface area contributed by atoms with Crippen LogP contribution in [0.4, 0.5) is 5.82 Å². The summed E-state index contributed by atoms with van der Waals surface area (Å²) in [7, 11) is 0. The Bertz CT molecular complexity index is 925. The molecule has 5 nitrogen and oxygen atoms in total. The lowest BCUT2D eigenvalue weighted by Gasteiger charge is -2.30. The summed E-state index contributed by atoms with van der Waals surface area (Å²) in [6.45, 7) is 3.49. The normalized spacial score (nSPS) is 15.9. The monoisotopic (exact) mass is 382 g/mol. The molecule has 0 unspecified atom stereocenters. The van der Waals surface area contributed by atoms with Gasteiger partial charge in [0.15, 0.2) is 0 Å². The minimum absolute atomic E-state index is 0.141. The topological polar surface area (TPSA) is 61.3 Å². The third-order valence-electron chi connectivity index (χ3n) is 5.11. The van der Waals surface area contributed by atoms with Gasteiger partial charge in [-0.3, -0.25) is 4.90 Å². The fraction of sp³-hybridized carbons (Fsp3) is 0.333. The smallest absolute Gasteiger partial charge is 0.137 e. The molecule has 2 N–H and O–H groups in total. The van der Waals surface area contributed by atoms with Crippen molar-refractivity contribution in [1.29, 1.82) is 0 Å². The number of likely N-dealkylation sites (tertiary alicyclic amines) is 1. The molecule has 1 aliphatic rings. The molecule has 0 saturated carbocycles. The van der Waals surface area contributed by atoms with E-state index < -0.39 is 0 Å². The van der Waals surface area contributed by atoms with Crippen molar-refractivity contribution in [1.82, 2.24) is 14.9 Å². The van der Waals surface area contributed by atoms with Crippen molar-refractivity contribution in [2.45, 2.75) is 32.0 Å². The average molecular weight is 383 g/mol. The number of nitrogens with one attached hydrogen (secondary N) is 1. The molecule has 4 rings (SSSR count). The van der Waals surface area contributed by atoms with Gasteiger partial charge >= 0.3 is 0 Å². The minimum Gasteiger partial charge on any atom is -0.393 e. The Balaban J connectivity index is 1.49. The maximum Gasteiger partial charge on any atom is 0.137 e. The zero-order valence-electron chi connectivity index (χ0n) is 15.1. The van der Waals surface area contributed by atoms with E-state index in [1.54, 1.807) is 6.33 Å². The number of aromatic nitrogens is 2. The van der Waals surface area contributed by atoms with Crippen LogP contribution in [0.15, 0.2) is 48.8 Å². The molecular weight excluding hydrogens is 360 g/mol. The summed E-state index contributed by atoms with van der Waals surface area (Å²) in [6, 6.07) is 14.1. The summed E-state index contributed by atoms with van der Waals surface area (Å²) >= 11 is 6.07. The molecule has 0 amide bonds. The van der Waals surface area contributed by atoms with E-state index in [1.807, 2.05) is 18.2 Å². The molecule has 1 fully saturated rings. The van der Waals surface area contributed by atoms with E-state index in [-0.39, 0.29) is 6.10 Å². The molecule has 1 saturated heterocycles. The predicted molar refractivity (Wildman–Crippen MR) is 109 cm³/mol. The number of halogens is 1. The molecule has 3 aromatic rings. The van der Waals surface area contributed by atoms with Crippen molar-refractivity contribution in [3.05, 3.63) is 64.9 Å². The second kappa shape index (κ2) is 8.21. The van der Waals surface area contributed by atoms with Crippen LogP contribution in [0.2, 0.25) is 5.02 Å². The molecule has 140 valence electrons. The van der Waals surface area contributed by atoms with Gasteiger partial charge in [0, 0.05) is 36.6 Å². The van der Waals surface area contributed by atoms with Crippen molar-refractivity contribution in [2.75, 3.05) is 18.4 Å². The molecule has 0 bridgehead atoms. The first kappa shape index (κ1) is 18.2. The Morgan fingerprint density at radius 3 is 2.67 bits per heavy atom. The van der Waals surface area contributed by atoms with Crippen molar-refractivity contribution in [2.24, 2.45) is 0 Å². The molecule has 0 spiro atoms. The third kappa shape index (κ3) is 4.38. The summed E-state index contributed by atoms with van der Waals surface area (Å²) < 4.78 is 0. The summed E-state index contributed by atoms with van der Waals surface area (Å²) in [5.41, 5.74) is 3.40. The Hall–Kier alpha value is -2.21. The van der Waals surface area contributed by atoms with Crippen LogP contribution in [0, 0.1) is 0 Å². The molecule has 2 aromatic carbocycles. The molecule has 1 aromatic heterocycles. The van der Waals surface area contributed by atoms with Crippen LogP contribution in [-0.2, 0) is 13.1 Å². The van der Waals surface area contributed by atoms with Gasteiger partial charge in [-0.2, -0.15) is 0 Å². The van der Waals surface area contributed by atoms with Crippen LogP contribution in [0.25, 0.3) is 10.9 Å². The third-order valence-corrected chi connectivity index (χ3v) is 5.35. The first-order valence-corrected chi connectivity index (χ1v) is 9.68. The van der Waals surface area contributed by atoms with Crippen LogP contribution in [0.3, 0.4) is 0 Å². The summed E-state index contributed by atoms with van der Waals surface area (Å²) in [4.78, 5) is 11.1. The van der Waals surface area contributed by atoms with E-state index in [1.165, 1.54) is 11.1 Å². The molecule has 1 aliphatic heterocycles. The van der Waals surface area contributed by atoms with Crippen LogP contribution in [-0.4, -0.2) is 39.2 Å². The van der Waals surface area contributed by atoms with Gasteiger partial charge in [0.25, 0.3) is 0 Å². The number of aliphatic hydroxyl groups excluding tert-OH is 1. The molecule has 27 heavy (non-hydrogen) atoms. The van der Waals surface area contributed by atoms with Crippen LogP contribution in [0.5, 0.6) is 0 Å². The quantitative estimate of drug-likeness (QED) is 0.701. The number of piperidine rings is 1. The van der Waals surface area contributed by atoms with Crippen LogP contribution >= 0.6 is 11.6 Å². The van der Waals surface area contributed by atoms with Crippen LogP contribution in [0.1, 0.15) is 24.0 Å². The molecule has 6 heteroatoms. The fourth-order valence-corrected chi connectivity index (χ4v) is 3.72. The lowest BCUT2D eigenvalue weighted by molar-refractivity contribution is 0.0791. The zero-order chi connectivity index (χ0) is 18.6. The van der Waals surface area contributed by atoms with Gasteiger partial charge < -0.3 is 10.4 Å². The lowest BCUT2D eigenvalue weighted by Crippen LogP contribution is -2.35. The highest BCUT2D eigenvalue weighted by Crippen LogP contribution is 2.24. The number of benzene rings is 2. The van der Waals surface area contributed by atoms with Crippen LogP contribution < -0.4 is 5.32 Å². The van der Waals surface area contributed by atoms with Gasteiger partial charge in [0.2, 0.25) is 0 Å². The number of rotatable bonds is 5. The number of hydrogen-bond donors (Lipinski definition) is 2. The van der Waals surface area contributed by atoms with E-state index in [4.69, 9.17) is 11.6 Å². The first-order valence-electron chi connectivity index (χ1n) is 9.30. The van der Waals surface area contributed by atoms with Crippen molar-refractivity contribution in [3.63, 3.8) is 0 Å². The van der Waals surface area contributed by atoms with E-state index in [2.05, 4.69) is 44.5 Å². The van der Waals surface area contributed by atoms with Gasteiger partial charge in [0.1, 0.15) is 12.1 Å². The van der Waals surface area contributed by atoms with E-state index in [0.717, 1.165) is 49.2 Å². The fourth-order valence-electron chi connectivity index (χ4n) is 3.55. The summed E-state index contributed by atoms with van der Waals surface area (Å²) in [6.07, 6.45) is 3.13. The molecule has 0 aliphatic carbocycles. The van der Waals surface area contributed by atoms with Gasteiger partial charge in [-0.1, -0.05) is 35.9 Å².